The van der Waals surface area contributed by atoms with Crippen molar-refractivity contribution in [1.82, 2.24) is 0 Å². The van der Waals surface area contributed by atoms with Crippen molar-refractivity contribution in [2.45, 2.75) is 6.92 Å². The van der Waals surface area contributed by atoms with Gasteiger partial charge in [0.1, 0.15) is 5.82 Å². The van der Waals surface area contributed by atoms with Gasteiger partial charge in [0, 0.05) is 12.7 Å². The third-order valence-corrected chi connectivity index (χ3v) is 4.42. The van der Waals surface area contributed by atoms with Crippen LogP contribution in [0.5, 0.6) is 0 Å². The highest BCUT2D eigenvalue weighted by atomic mass is 127. The van der Waals surface area contributed by atoms with Crippen molar-refractivity contribution >= 4 is 51.0 Å². The molecule has 0 saturated heterocycles. The Morgan fingerprint density at radius 3 is 2.50 bits per heavy atom. The number of Topliss-reactive ketones (excluding diaryl/α,β-unsaturated/α-hetero) is 1. The zero-order chi connectivity index (χ0) is 9.30. The smallest absolute Gasteiger partial charge is 0.161 e. The highest BCUT2D eigenvalue weighted by Crippen LogP contribution is 2.21. The number of ketones is 1. The first kappa shape index (κ1) is 10.4. The number of benzene rings is 1. The molecule has 64 valence electrons. The molecule has 0 radical (unpaired) electrons. The first-order chi connectivity index (χ1) is 5.52. The third-order valence-electron chi connectivity index (χ3n) is 1.37. The van der Waals surface area contributed by atoms with Gasteiger partial charge in [-0.2, -0.15) is 0 Å². The standard InChI is InChI=1S/C8H5FI2O/c1-4(12)6-2-5(9)3-7(10)8(6)11/h2-3H,1H3. The van der Waals surface area contributed by atoms with Crippen molar-refractivity contribution in [3.63, 3.8) is 0 Å². The van der Waals surface area contributed by atoms with Gasteiger partial charge in [-0.3, -0.25) is 4.79 Å². The van der Waals surface area contributed by atoms with Gasteiger partial charge in [0.2, 0.25) is 0 Å². The van der Waals surface area contributed by atoms with Gasteiger partial charge in [-0.25, -0.2) is 4.39 Å². The summed E-state index contributed by atoms with van der Waals surface area (Å²) in [5.74, 6) is -0.457. The summed E-state index contributed by atoms with van der Waals surface area (Å²) in [6.45, 7) is 1.44. The molecule has 0 aliphatic rings. The van der Waals surface area contributed by atoms with Crippen LogP contribution >= 0.6 is 45.2 Å². The van der Waals surface area contributed by atoms with E-state index in [1.54, 1.807) is 0 Å². The van der Waals surface area contributed by atoms with Crippen LogP contribution in [0.2, 0.25) is 0 Å². The summed E-state index contributed by atoms with van der Waals surface area (Å²) in [6, 6.07) is 2.68. The fourth-order valence-electron chi connectivity index (χ4n) is 0.812. The van der Waals surface area contributed by atoms with Gasteiger partial charge in [0.05, 0.1) is 0 Å². The van der Waals surface area contributed by atoms with Gasteiger partial charge in [-0.1, -0.05) is 0 Å². The average molecular weight is 390 g/mol. The lowest BCUT2D eigenvalue weighted by molar-refractivity contribution is 0.101. The van der Waals surface area contributed by atoms with Crippen LogP contribution in [0.3, 0.4) is 0 Å². The molecule has 0 aliphatic heterocycles. The van der Waals surface area contributed by atoms with Gasteiger partial charge >= 0.3 is 0 Å². The summed E-state index contributed by atoms with van der Waals surface area (Å²) in [5.41, 5.74) is 0.458. The Bertz CT molecular complexity index is 336. The van der Waals surface area contributed by atoms with Crippen LogP contribution in [0.15, 0.2) is 12.1 Å². The first-order valence-corrected chi connectivity index (χ1v) is 5.33. The number of carbonyl (C=O) groups excluding carboxylic acids is 1. The molecule has 0 fully saturated rings. The Labute approximate surface area is 97.0 Å². The fraction of sp³-hybridized carbons (Fsp3) is 0.125. The van der Waals surface area contributed by atoms with E-state index in [4.69, 9.17) is 0 Å². The van der Waals surface area contributed by atoms with Gasteiger partial charge < -0.3 is 0 Å². The number of hydrogen-bond donors (Lipinski definition) is 0. The van der Waals surface area contributed by atoms with E-state index in [2.05, 4.69) is 0 Å². The summed E-state index contributed by atoms with van der Waals surface area (Å²) >= 11 is 4.05. The van der Waals surface area contributed by atoms with E-state index in [1.807, 2.05) is 45.2 Å². The van der Waals surface area contributed by atoms with E-state index in [0.29, 0.717) is 5.56 Å². The minimum absolute atomic E-state index is 0.100. The third kappa shape index (κ3) is 2.15. The lowest BCUT2D eigenvalue weighted by Crippen LogP contribution is -1.99. The van der Waals surface area contributed by atoms with Crippen LogP contribution in [-0.4, -0.2) is 5.78 Å². The summed E-state index contributed by atoms with van der Waals surface area (Å²) in [5, 5.41) is 0. The lowest BCUT2D eigenvalue weighted by Gasteiger charge is -2.02. The Morgan fingerprint density at radius 2 is 2.00 bits per heavy atom. The molecule has 0 bridgehead atoms. The molecule has 4 heteroatoms. The van der Waals surface area contributed by atoms with Crippen molar-refractivity contribution in [1.29, 1.82) is 0 Å². The Morgan fingerprint density at radius 1 is 1.42 bits per heavy atom. The fourth-order valence-corrected chi connectivity index (χ4v) is 2.09. The van der Waals surface area contributed by atoms with Crippen LogP contribution in [0.1, 0.15) is 17.3 Å². The minimum Gasteiger partial charge on any atom is -0.294 e. The molecule has 12 heavy (non-hydrogen) atoms. The molecule has 1 aromatic rings. The molecule has 0 aromatic heterocycles. The van der Waals surface area contributed by atoms with Crippen molar-refractivity contribution in [2.24, 2.45) is 0 Å². The average Bonchev–Trinajstić information content (AvgIpc) is 1.96. The van der Waals surface area contributed by atoms with Crippen molar-refractivity contribution < 1.29 is 9.18 Å². The molecule has 0 spiro atoms. The maximum atomic E-state index is 12.8. The molecule has 1 rings (SSSR count). The van der Waals surface area contributed by atoms with E-state index >= 15 is 0 Å². The zero-order valence-corrected chi connectivity index (χ0v) is 10.5. The number of halogens is 3. The van der Waals surface area contributed by atoms with Crippen LogP contribution in [-0.2, 0) is 0 Å². The van der Waals surface area contributed by atoms with Crippen molar-refractivity contribution in [2.75, 3.05) is 0 Å². The quantitative estimate of drug-likeness (QED) is 0.409. The second-order valence-electron chi connectivity index (χ2n) is 2.31. The van der Waals surface area contributed by atoms with E-state index in [0.717, 1.165) is 7.14 Å². The second-order valence-corrected chi connectivity index (χ2v) is 4.55. The van der Waals surface area contributed by atoms with E-state index in [1.165, 1.54) is 19.1 Å². The van der Waals surface area contributed by atoms with Crippen LogP contribution in [0.4, 0.5) is 4.39 Å². The monoisotopic (exact) mass is 390 g/mol. The molecule has 1 nitrogen and oxygen atoms in total. The highest BCUT2D eigenvalue weighted by Gasteiger charge is 2.09. The Balaban J connectivity index is 3.37. The highest BCUT2D eigenvalue weighted by molar-refractivity contribution is 14.1. The van der Waals surface area contributed by atoms with Crippen LogP contribution in [0, 0.1) is 13.0 Å². The molecule has 0 saturated carbocycles. The molecular formula is C8H5FI2O. The minimum atomic E-state index is -0.356. The van der Waals surface area contributed by atoms with Gasteiger partial charge in [-0.15, -0.1) is 0 Å². The van der Waals surface area contributed by atoms with Gasteiger partial charge in [0.15, 0.2) is 5.78 Å². The predicted molar refractivity (Wildman–Crippen MR) is 61.8 cm³/mol. The maximum absolute atomic E-state index is 12.8. The molecule has 1 aromatic carbocycles. The summed E-state index contributed by atoms with van der Waals surface area (Å²) in [6.07, 6.45) is 0. The van der Waals surface area contributed by atoms with E-state index in [-0.39, 0.29) is 11.6 Å². The largest absolute Gasteiger partial charge is 0.294 e. The Kier molecular flexibility index (Phi) is 3.45. The van der Waals surface area contributed by atoms with E-state index in [9.17, 15) is 9.18 Å². The predicted octanol–water partition coefficient (Wildman–Crippen LogP) is 3.24. The first-order valence-electron chi connectivity index (χ1n) is 3.18. The molecule has 0 amide bonds. The van der Waals surface area contributed by atoms with Gasteiger partial charge in [-0.05, 0) is 64.2 Å². The summed E-state index contributed by atoms with van der Waals surface area (Å²) in [7, 11) is 0. The van der Waals surface area contributed by atoms with Crippen LogP contribution in [0.25, 0.3) is 0 Å². The van der Waals surface area contributed by atoms with E-state index < -0.39 is 0 Å². The molecular weight excluding hydrogens is 385 g/mol. The lowest BCUT2D eigenvalue weighted by atomic mass is 10.1. The maximum Gasteiger partial charge on any atom is 0.161 e. The zero-order valence-electron chi connectivity index (χ0n) is 6.20. The normalized spacial score (nSPS) is 10.0. The summed E-state index contributed by atoms with van der Waals surface area (Å²) in [4.78, 5) is 11.0. The second kappa shape index (κ2) is 3.99. The molecule has 0 aliphatic carbocycles. The topological polar surface area (TPSA) is 17.1 Å². The van der Waals surface area contributed by atoms with Crippen molar-refractivity contribution in [3.8, 4) is 0 Å². The van der Waals surface area contributed by atoms with Gasteiger partial charge in [0.25, 0.3) is 0 Å². The molecule has 0 heterocycles. The molecule has 0 atom stereocenters. The van der Waals surface area contributed by atoms with Crippen molar-refractivity contribution in [3.05, 3.63) is 30.7 Å². The number of rotatable bonds is 1. The van der Waals surface area contributed by atoms with Crippen LogP contribution < -0.4 is 0 Å². The SMILES string of the molecule is CC(=O)c1cc(F)cc(I)c1I. The number of hydrogen-bond acceptors (Lipinski definition) is 1. The number of carbonyl (C=O) groups is 1. The Hall–Kier alpha value is 0.280. The molecule has 0 unspecified atom stereocenters. The molecule has 0 N–H and O–H groups in total. The summed E-state index contributed by atoms with van der Waals surface area (Å²) < 4.78 is 14.4.